The van der Waals surface area contributed by atoms with Crippen LogP contribution in [0.5, 0.6) is 0 Å². The van der Waals surface area contributed by atoms with Crippen molar-refractivity contribution in [2.24, 2.45) is 0 Å². The number of benzene rings is 1. The average Bonchev–Trinajstić information content (AvgIpc) is 2.58. The molecule has 0 saturated carbocycles. The van der Waals surface area contributed by atoms with Gasteiger partial charge in [0.25, 0.3) is 5.56 Å². The molecule has 1 atom stereocenters. The Morgan fingerprint density at radius 3 is 2.67 bits per heavy atom. The van der Waals surface area contributed by atoms with Gasteiger partial charge in [-0.05, 0) is 55.5 Å². The van der Waals surface area contributed by atoms with Crippen molar-refractivity contribution in [1.82, 2.24) is 9.47 Å². The van der Waals surface area contributed by atoms with Crippen molar-refractivity contribution in [3.05, 3.63) is 69.9 Å². The molecule has 1 amide bonds. The highest BCUT2D eigenvalue weighted by molar-refractivity contribution is 5.76. The molecule has 126 valence electrons. The third kappa shape index (κ3) is 3.55. The average molecular weight is 328 g/mol. The van der Waals surface area contributed by atoms with Crippen LogP contribution in [-0.4, -0.2) is 21.9 Å². The summed E-state index contributed by atoms with van der Waals surface area (Å²) in [6, 6.07) is 9.64. The fourth-order valence-corrected chi connectivity index (χ4v) is 3.24. The Hall–Kier alpha value is -2.43. The van der Waals surface area contributed by atoms with Gasteiger partial charge in [-0.15, -0.1) is 0 Å². The van der Waals surface area contributed by atoms with Gasteiger partial charge in [-0.1, -0.05) is 12.1 Å². The molecule has 0 bridgehead atoms. The predicted molar refractivity (Wildman–Crippen MR) is 90.1 cm³/mol. The molecule has 0 unspecified atom stereocenters. The van der Waals surface area contributed by atoms with E-state index in [9.17, 15) is 14.0 Å². The summed E-state index contributed by atoms with van der Waals surface area (Å²) in [5.74, 6) is -0.353. The lowest BCUT2D eigenvalue weighted by atomic mass is 9.95. The summed E-state index contributed by atoms with van der Waals surface area (Å²) < 4.78 is 14.6. The van der Waals surface area contributed by atoms with E-state index in [1.807, 2.05) is 17.9 Å². The highest BCUT2D eigenvalue weighted by atomic mass is 19.1. The van der Waals surface area contributed by atoms with Gasteiger partial charge in [0.2, 0.25) is 5.91 Å². The van der Waals surface area contributed by atoms with Crippen LogP contribution in [0.15, 0.2) is 47.4 Å². The van der Waals surface area contributed by atoms with Crippen molar-refractivity contribution in [1.29, 1.82) is 0 Å². The zero-order valence-corrected chi connectivity index (χ0v) is 13.7. The number of aromatic nitrogens is 1. The third-order valence-electron chi connectivity index (χ3n) is 4.54. The highest BCUT2D eigenvalue weighted by Gasteiger charge is 2.28. The monoisotopic (exact) mass is 328 g/mol. The molecule has 3 rings (SSSR count). The minimum atomic E-state index is -0.279. The molecule has 0 aliphatic carbocycles. The number of aryl methyl sites for hydroxylation is 1. The fraction of sp³-hybridized carbons (Fsp3) is 0.368. The second kappa shape index (κ2) is 6.99. The standard InChI is InChI=1S/C19H21FN2O2/c1-14-9-11-21(18(23)12-14)13-19(24)22-10-3-2-4-17(22)15-5-7-16(20)8-6-15/h5-9,11-12,17H,2-4,10,13H2,1H3/t17-/m0/s1. The summed E-state index contributed by atoms with van der Waals surface area (Å²) >= 11 is 0. The molecule has 2 aromatic rings. The number of piperidine rings is 1. The van der Waals surface area contributed by atoms with Gasteiger partial charge in [0.05, 0.1) is 6.04 Å². The van der Waals surface area contributed by atoms with Gasteiger partial charge >= 0.3 is 0 Å². The molecule has 1 fully saturated rings. The Morgan fingerprint density at radius 1 is 1.21 bits per heavy atom. The number of carbonyl (C=O) groups excluding carboxylic acids is 1. The van der Waals surface area contributed by atoms with E-state index in [0.717, 1.165) is 30.4 Å². The fourth-order valence-electron chi connectivity index (χ4n) is 3.24. The smallest absolute Gasteiger partial charge is 0.251 e. The van der Waals surface area contributed by atoms with Gasteiger partial charge in [-0.25, -0.2) is 4.39 Å². The molecule has 1 aliphatic heterocycles. The second-order valence-electron chi connectivity index (χ2n) is 6.32. The van der Waals surface area contributed by atoms with E-state index in [4.69, 9.17) is 0 Å². The summed E-state index contributed by atoms with van der Waals surface area (Å²) in [6.45, 7) is 2.56. The number of nitrogens with zero attached hydrogens (tertiary/aromatic N) is 2. The number of rotatable bonds is 3. The second-order valence-corrected chi connectivity index (χ2v) is 6.32. The van der Waals surface area contributed by atoms with Crippen molar-refractivity contribution in [3.63, 3.8) is 0 Å². The number of likely N-dealkylation sites (tertiary alicyclic amines) is 1. The zero-order valence-electron chi connectivity index (χ0n) is 13.7. The Kier molecular flexibility index (Phi) is 4.79. The van der Waals surface area contributed by atoms with Crippen LogP contribution in [0.4, 0.5) is 4.39 Å². The first-order valence-electron chi connectivity index (χ1n) is 8.26. The minimum Gasteiger partial charge on any atom is -0.334 e. The van der Waals surface area contributed by atoms with E-state index < -0.39 is 0 Å². The van der Waals surface area contributed by atoms with Crippen molar-refractivity contribution in [3.8, 4) is 0 Å². The van der Waals surface area contributed by atoms with Crippen LogP contribution < -0.4 is 5.56 Å². The minimum absolute atomic E-state index is 0.0385. The molecule has 2 heterocycles. The van der Waals surface area contributed by atoms with Crippen LogP contribution in [0.2, 0.25) is 0 Å². The first-order chi connectivity index (χ1) is 11.5. The lowest BCUT2D eigenvalue weighted by Crippen LogP contribution is -2.41. The summed E-state index contributed by atoms with van der Waals surface area (Å²) in [7, 11) is 0. The molecule has 0 spiro atoms. The first-order valence-corrected chi connectivity index (χ1v) is 8.26. The van der Waals surface area contributed by atoms with Crippen LogP contribution in [0.3, 0.4) is 0 Å². The topological polar surface area (TPSA) is 42.3 Å². The van der Waals surface area contributed by atoms with E-state index in [1.54, 1.807) is 18.3 Å². The highest BCUT2D eigenvalue weighted by Crippen LogP contribution is 2.31. The number of halogens is 1. The Bertz CT molecular complexity index is 783. The number of hydrogen-bond donors (Lipinski definition) is 0. The maximum absolute atomic E-state index is 13.2. The van der Waals surface area contributed by atoms with Gasteiger partial charge in [0.15, 0.2) is 0 Å². The number of amides is 1. The zero-order chi connectivity index (χ0) is 17.1. The lowest BCUT2D eigenvalue weighted by molar-refractivity contribution is -0.135. The normalized spacial score (nSPS) is 17.8. The number of pyridine rings is 1. The number of carbonyl (C=O) groups is 1. The molecule has 24 heavy (non-hydrogen) atoms. The van der Waals surface area contributed by atoms with Crippen molar-refractivity contribution in [2.75, 3.05) is 6.54 Å². The predicted octanol–water partition coefficient (Wildman–Crippen LogP) is 3.05. The van der Waals surface area contributed by atoms with Crippen LogP contribution >= 0.6 is 0 Å². The van der Waals surface area contributed by atoms with Gasteiger partial charge in [0.1, 0.15) is 12.4 Å². The van der Waals surface area contributed by atoms with Gasteiger partial charge in [0, 0.05) is 18.8 Å². The quantitative estimate of drug-likeness (QED) is 0.869. The maximum Gasteiger partial charge on any atom is 0.251 e. The van der Waals surface area contributed by atoms with Crippen LogP contribution in [0.25, 0.3) is 0 Å². The van der Waals surface area contributed by atoms with Gasteiger partial charge in [-0.3, -0.25) is 9.59 Å². The molecular formula is C19H21FN2O2. The van der Waals surface area contributed by atoms with E-state index in [2.05, 4.69) is 0 Å². The van der Waals surface area contributed by atoms with E-state index >= 15 is 0 Å². The molecule has 0 N–H and O–H groups in total. The van der Waals surface area contributed by atoms with Crippen LogP contribution in [-0.2, 0) is 11.3 Å². The molecular weight excluding hydrogens is 307 g/mol. The van der Waals surface area contributed by atoms with Crippen molar-refractivity contribution >= 4 is 5.91 Å². The van der Waals surface area contributed by atoms with Crippen molar-refractivity contribution < 1.29 is 9.18 Å². The van der Waals surface area contributed by atoms with Crippen LogP contribution in [0.1, 0.15) is 36.4 Å². The largest absolute Gasteiger partial charge is 0.334 e. The van der Waals surface area contributed by atoms with E-state index in [0.29, 0.717) is 6.54 Å². The molecule has 1 aromatic heterocycles. The Morgan fingerprint density at radius 2 is 1.96 bits per heavy atom. The van der Waals surface area contributed by atoms with Gasteiger partial charge in [-0.2, -0.15) is 0 Å². The molecule has 1 aliphatic rings. The Labute approximate surface area is 140 Å². The van der Waals surface area contributed by atoms with Crippen LogP contribution in [0, 0.1) is 12.7 Å². The van der Waals surface area contributed by atoms with Gasteiger partial charge < -0.3 is 9.47 Å². The number of hydrogen-bond acceptors (Lipinski definition) is 2. The summed E-state index contributed by atoms with van der Waals surface area (Å²) in [4.78, 5) is 26.6. The summed E-state index contributed by atoms with van der Waals surface area (Å²) in [5, 5.41) is 0. The Balaban J connectivity index is 1.80. The van der Waals surface area contributed by atoms with Crippen molar-refractivity contribution in [2.45, 2.75) is 38.8 Å². The van der Waals surface area contributed by atoms with E-state index in [1.165, 1.54) is 22.8 Å². The third-order valence-corrected chi connectivity index (χ3v) is 4.54. The molecule has 0 radical (unpaired) electrons. The molecule has 1 saturated heterocycles. The lowest BCUT2D eigenvalue weighted by Gasteiger charge is -2.36. The molecule has 5 heteroatoms. The SMILES string of the molecule is Cc1ccn(CC(=O)N2CCCC[C@H]2c2ccc(F)cc2)c(=O)c1. The molecule has 1 aromatic carbocycles. The maximum atomic E-state index is 13.2. The van der Waals surface area contributed by atoms with E-state index in [-0.39, 0.29) is 29.9 Å². The molecule has 4 nitrogen and oxygen atoms in total. The summed E-state index contributed by atoms with van der Waals surface area (Å²) in [6.07, 6.45) is 4.51. The summed E-state index contributed by atoms with van der Waals surface area (Å²) in [5.41, 5.74) is 1.66. The first kappa shape index (κ1) is 16.4.